The van der Waals surface area contributed by atoms with E-state index in [1.807, 2.05) is 45.2 Å². The molecule has 3 rings (SSSR count). The van der Waals surface area contributed by atoms with Crippen molar-refractivity contribution >= 4 is 22.5 Å². The minimum absolute atomic E-state index is 0.0457. The molecule has 1 N–H and O–H groups in total. The molecule has 1 heterocycles. The van der Waals surface area contributed by atoms with Gasteiger partial charge in [0.2, 0.25) is 5.91 Å². The second-order valence-electron chi connectivity index (χ2n) is 6.25. The first-order chi connectivity index (χ1) is 11.5. The number of nitrogens with zero attached hydrogens (tertiary/aromatic N) is 2. The first-order valence-electron chi connectivity index (χ1n) is 8.30. The molecule has 0 saturated carbocycles. The van der Waals surface area contributed by atoms with E-state index in [0.717, 1.165) is 28.6 Å². The Hall–Kier alpha value is -2.40. The number of amides is 1. The highest BCUT2D eigenvalue weighted by Gasteiger charge is 2.38. The van der Waals surface area contributed by atoms with Crippen molar-refractivity contribution in [3.05, 3.63) is 48.0 Å². The summed E-state index contributed by atoms with van der Waals surface area (Å²) in [6.45, 7) is 4.54. The molecule has 1 unspecified atom stereocenters. The van der Waals surface area contributed by atoms with Gasteiger partial charge in [0, 0.05) is 19.2 Å². The van der Waals surface area contributed by atoms with Crippen molar-refractivity contribution < 1.29 is 9.63 Å². The number of hydroxylamine groups is 2. The zero-order valence-corrected chi connectivity index (χ0v) is 14.4. The number of hydrogen-bond donors (Lipinski definition) is 1. The molecule has 0 fully saturated rings. The lowest BCUT2D eigenvalue weighted by Crippen LogP contribution is -2.35. The molecule has 0 aromatic heterocycles. The molecule has 2 aromatic rings. The molecule has 0 spiro atoms. The van der Waals surface area contributed by atoms with E-state index in [2.05, 4.69) is 23.5 Å². The third-order valence-electron chi connectivity index (χ3n) is 4.07. The Kier molecular flexibility index (Phi) is 4.53. The van der Waals surface area contributed by atoms with Gasteiger partial charge in [0.15, 0.2) is 11.6 Å². The number of fused-ring (bicyclic) bond motifs is 1. The molecular formula is C19H23N3O2. The van der Waals surface area contributed by atoms with Crippen LogP contribution in [0.5, 0.6) is 0 Å². The number of rotatable bonds is 5. The predicted octanol–water partition coefficient (Wildman–Crippen LogP) is 3.10. The van der Waals surface area contributed by atoms with Gasteiger partial charge >= 0.3 is 0 Å². The number of nitrogens with one attached hydrogen (secondary N) is 1. The Morgan fingerprint density at radius 2 is 2.00 bits per heavy atom. The molecule has 5 heteroatoms. The highest BCUT2D eigenvalue weighted by molar-refractivity contribution is 6.09. The van der Waals surface area contributed by atoms with Gasteiger partial charge in [0.05, 0.1) is 6.42 Å². The molecule has 126 valence electrons. The van der Waals surface area contributed by atoms with Gasteiger partial charge in [-0.25, -0.2) is 14.9 Å². The van der Waals surface area contributed by atoms with Crippen molar-refractivity contribution in [1.29, 1.82) is 0 Å². The van der Waals surface area contributed by atoms with E-state index in [1.165, 1.54) is 0 Å². The van der Waals surface area contributed by atoms with Crippen LogP contribution in [0.3, 0.4) is 0 Å². The highest BCUT2D eigenvalue weighted by atomic mass is 16.7. The summed E-state index contributed by atoms with van der Waals surface area (Å²) in [5.41, 5.74) is 0.132. The molecule has 1 aliphatic rings. The topological polar surface area (TPSA) is 53.9 Å². The first kappa shape index (κ1) is 16.5. The van der Waals surface area contributed by atoms with Gasteiger partial charge in [-0.2, -0.15) is 0 Å². The monoisotopic (exact) mass is 325 g/mol. The Labute approximate surface area is 142 Å². The summed E-state index contributed by atoms with van der Waals surface area (Å²) in [4.78, 5) is 22.7. The lowest BCUT2D eigenvalue weighted by molar-refractivity contribution is -0.166. The van der Waals surface area contributed by atoms with E-state index in [1.54, 1.807) is 5.06 Å². The molecule has 1 atom stereocenters. The van der Waals surface area contributed by atoms with E-state index in [9.17, 15) is 4.79 Å². The van der Waals surface area contributed by atoms with Crippen molar-refractivity contribution in [3.63, 3.8) is 0 Å². The molecule has 5 nitrogen and oxygen atoms in total. The fourth-order valence-electron chi connectivity index (χ4n) is 3.00. The van der Waals surface area contributed by atoms with Gasteiger partial charge in [-0.1, -0.05) is 49.4 Å². The third-order valence-corrected chi connectivity index (χ3v) is 4.07. The SMILES string of the molecule is CCCNC(=O)CC1(C)N=C(c2cccc3ccccc23)N(C)O1. The average molecular weight is 325 g/mol. The van der Waals surface area contributed by atoms with Crippen LogP contribution in [-0.4, -0.2) is 36.1 Å². The van der Waals surface area contributed by atoms with Gasteiger partial charge in [0.25, 0.3) is 0 Å². The Bertz CT molecular complexity index is 782. The maximum Gasteiger partial charge on any atom is 0.225 e. The fraction of sp³-hybridized carbons (Fsp3) is 0.368. The van der Waals surface area contributed by atoms with Crippen LogP contribution >= 0.6 is 0 Å². The molecule has 0 aliphatic carbocycles. The molecule has 0 radical (unpaired) electrons. The summed E-state index contributed by atoms with van der Waals surface area (Å²) in [7, 11) is 1.83. The highest BCUT2D eigenvalue weighted by Crippen LogP contribution is 2.30. The van der Waals surface area contributed by atoms with E-state index in [-0.39, 0.29) is 12.3 Å². The summed E-state index contributed by atoms with van der Waals surface area (Å²) >= 11 is 0. The summed E-state index contributed by atoms with van der Waals surface area (Å²) in [5, 5.41) is 6.81. The maximum absolute atomic E-state index is 12.0. The van der Waals surface area contributed by atoms with Crippen molar-refractivity contribution in [2.24, 2.45) is 4.99 Å². The Morgan fingerprint density at radius 3 is 2.79 bits per heavy atom. The van der Waals surface area contributed by atoms with E-state index < -0.39 is 5.72 Å². The molecule has 0 saturated heterocycles. The molecular weight excluding hydrogens is 302 g/mol. The van der Waals surface area contributed by atoms with Gasteiger partial charge in [0.1, 0.15) is 0 Å². The minimum atomic E-state index is -0.876. The number of aliphatic imine (C=N–C) groups is 1. The number of amidine groups is 1. The average Bonchev–Trinajstić information content (AvgIpc) is 2.86. The Morgan fingerprint density at radius 1 is 1.25 bits per heavy atom. The lowest BCUT2D eigenvalue weighted by atomic mass is 10.0. The minimum Gasteiger partial charge on any atom is -0.356 e. The van der Waals surface area contributed by atoms with Gasteiger partial charge in [-0.05, 0) is 24.1 Å². The van der Waals surface area contributed by atoms with Crippen LogP contribution in [0.4, 0.5) is 0 Å². The van der Waals surface area contributed by atoms with Crippen LogP contribution in [0, 0.1) is 0 Å². The van der Waals surface area contributed by atoms with Gasteiger partial charge < -0.3 is 5.32 Å². The predicted molar refractivity (Wildman–Crippen MR) is 95.7 cm³/mol. The summed E-state index contributed by atoms with van der Waals surface area (Å²) in [6, 6.07) is 14.3. The number of carbonyl (C=O) groups is 1. The van der Waals surface area contributed by atoms with E-state index in [4.69, 9.17) is 9.83 Å². The van der Waals surface area contributed by atoms with Crippen LogP contribution in [0.2, 0.25) is 0 Å². The Balaban J connectivity index is 1.91. The van der Waals surface area contributed by atoms with Crippen LogP contribution in [0.1, 0.15) is 32.3 Å². The van der Waals surface area contributed by atoms with Gasteiger partial charge in [-0.3, -0.25) is 4.79 Å². The van der Waals surface area contributed by atoms with Crippen LogP contribution in [-0.2, 0) is 9.63 Å². The van der Waals surface area contributed by atoms with Crippen molar-refractivity contribution in [1.82, 2.24) is 10.4 Å². The van der Waals surface area contributed by atoms with Crippen LogP contribution in [0.15, 0.2) is 47.5 Å². The molecule has 2 aromatic carbocycles. The van der Waals surface area contributed by atoms with Crippen LogP contribution < -0.4 is 5.32 Å². The fourth-order valence-corrected chi connectivity index (χ4v) is 3.00. The van der Waals surface area contributed by atoms with Crippen molar-refractivity contribution in [3.8, 4) is 0 Å². The summed E-state index contributed by atoms with van der Waals surface area (Å²) in [6.07, 6.45) is 1.11. The van der Waals surface area contributed by atoms with E-state index >= 15 is 0 Å². The van der Waals surface area contributed by atoms with Crippen molar-refractivity contribution in [2.75, 3.05) is 13.6 Å². The third kappa shape index (κ3) is 3.26. The normalized spacial score (nSPS) is 20.3. The first-order valence-corrected chi connectivity index (χ1v) is 8.30. The molecule has 1 amide bonds. The zero-order valence-electron chi connectivity index (χ0n) is 14.4. The summed E-state index contributed by atoms with van der Waals surface area (Å²) in [5.74, 6) is 0.702. The van der Waals surface area contributed by atoms with Gasteiger partial charge in [-0.15, -0.1) is 0 Å². The lowest BCUT2D eigenvalue weighted by Gasteiger charge is -2.21. The number of benzene rings is 2. The second-order valence-corrected chi connectivity index (χ2v) is 6.25. The molecule has 1 aliphatic heterocycles. The maximum atomic E-state index is 12.0. The summed E-state index contributed by atoms with van der Waals surface area (Å²) < 4.78 is 0. The quantitative estimate of drug-likeness (QED) is 0.919. The number of hydrogen-bond acceptors (Lipinski definition) is 4. The molecule has 0 bridgehead atoms. The smallest absolute Gasteiger partial charge is 0.225 e. The van der Waals surface area contributed by atoms with Crippen LogP contribution in [0.25, 0.3) is 10.8 Å². The van der Waals surface area contributed by atoms with Crippen molar-refractivity contribution in [2.45, 2.75) is 32.4 Å². The number of carbonyl (C=O) groups excluding carboxylic acids is 1. The standard InChI is InChI=1S/C19H23N3O2/c1-4-12-20-17(23)13-19(2)21-18(22(3)24-19)16-11-7-9-14-8-5-6-10-15(14)16/h5-11H,4,12-13H2,1-3H3,(H,20,23). The largest absolute Gasteiger partial charge is 0.356 e. The van der Waals surface area contributed by atoms with E-state index in [0.29, 0.717) is 6.54 Å². The zero-order chi connectivity index (χ0) is 17.2. The molecule has 24 heavy (non-hydrogen) atoms. The second kappa shape index (κ2) is 6.61.